The van der Waals surface area contributed by atoms with Crippen molar-refractivity contribution in [2.75, 3.05) is 6.54 Å². The summed E-state index contributed by atoms with van der Waals surface area (Å²) in [5.74, 6) is 1.14. The van der Waals surface area contributed by atoms with Crippen molar-refractivity contribution < 1.29 is 5.11 Å². The van der Waals surface area contributed by atoms with E-state index in [1.807, 2.05) is 12.1 Å². The van der Waals surface area contributed by atoms with Crippen LogP contribution in [0.5, 0.6) is 5.75 Å². The quantitative estimate of drug-likeness (QED) is 0.780. The zero-order valence-electron chi connectivity index (χ0n) is 11.1. The summed E-state index contributed by atoms with van der Waals surface area (Å²) >= 11 is 0. The maximum Gasteiger partial charge on any atom is 0.115 e. The Labute approximate surface area is 110 Å². The number of nitrogens with one attached hydrogen (secondary N) is 1. The van der Waals surface area contributed by atoms with Gasteiger partial charge in [-0.05, 0) is 62.8 Å². The Kier molecular flexibility index (Phi) is 4.82. The highest BCUT2D eigenvalue weighted by Gasteiger charge is 2.11. The topological polar surface area (TPSA) is 32.3 Å². The second kappa shape index (κ2) is 6.60. The lowest BCUT2D eigenvalue weighted by Gasteiger charge is -2.21. The van der Waals surface area contributed by atoms with E-state index in [2.05, 4.69) is 24.4 Å². The molecule has 0 heterocycles. The van der Waals surface area contributed by atoms with Crippen LogP contribution in [0, 0.1) is 5.92 Å². The molecule has 0 saturated heterocycles. The summed E-state index contributed by atoms with van der Waals surface area (Å²) in [7, 11) is 0. The molecule has 1 aliphatic rings. The van der Waals surface area contributed by atoms with Gasteiger partial charge < -0.3 is 10.4 Å². The molecule has 0 bridgehead atoms. The van der Waals surface area contributed by atoms with Crippen molar-refractivity contribution in [3.8, 4) is 5.75 Å². The Bertz CT molecular complexity index is 383. The van der Waals surface area contributed by atoms with Gasteiger partial charge in [0.15, 0.2) is 0 Å². The molecule has 0 aromatic heterocycles. The van der Waals surface area contributed by atoms with Gasteiger partial charge in [0.1, 0.15) is 5.75 Å². The molecular weight excluding hydrogens is 222 g/mol. The Morgan fingerprint density at radius 3 is 2.72 bits per heavy atom. The van der Waals surface area contributed by atoms with Gasteiger partial charge in [0.2, 0.25) is 0 Å². The number of rotatable bonds is 5. The molecule has 2 heteroatoms. The van der Waals surface area contributed by atoms with Crippen LogP contribution in [0.15, 0.2) is 36.4 Å². The van der Waals surface area contributed by atoms with E-state index in [9.17, 15) is 5.11 Å². The van der Waals surface area contributed by atoms with Crippen molar-refractivity contribution in [2.45, 2.75) is 38.6 Å². The first-order valence-corrected chi connectivity index (χ1v) is 6.90. The lowest BCUT2D eigenvalue weighted by molar-refractivity contribution is 0.410. The summed E-state index contributed by atoms with van der Waals surface area (Å²) in [6.07, 6.45) is 9.38. The van der Waals surface area contributed by atoms with E-state index in [0.717, 1.165) is 18.9 Å². The minimum absolute atomic E-state index is 0.341. The van der Waals surface area contributed by atoms with Crippen molar-refractivity contribution in [1.82, 2.24) is 5.32 Å². The lowest BCUT2D eigenvalue weighted by atomic mass is 9.94. The third-order valence-corrected chi connectivity index (χ3v) is 3.61. The predicted molar refractivity (Wildman–Crippen MR) is 75.8 cm³/mol. The van der Waals surface area contributed by atoms with Gasteiger partial charge in [-0.1, -0.05) is 24.3 Å². The number of phenols is 1. The fourth-order valence-corrected chi connectivity index (χ4v) is 2.47. The third kappa shape index (κ3) is 4.19. The molecule has 2 atom stereocenters. The molecule has 98 valence electrons. The number of benzene rings is 1. The van der Waals surface area contributed by atoms with Crippen LogP contribution in [0.4, 0.5) is 0 Å². The molecule has 0 amide bonds. The average molecular weight is 245 g/mol. The zero-order valence-corrected chi connectivity index (χ0v) is 11.1. The zero-order chi connectivity index (χ0) is 12.8. The van der Waals surface area contributed by atoms with Gasteiger partial charge in [-0.3, -0.25) is 0 Å². The number of phenolic OH excluding ortho intramolecular Hbond substituents is 1. The highest BCUT2D eigenvalue weighted by Crippen LogP contribution is 2.17. The molecule has 0 spiro atoms. The standard InChI is InChI=1S/C16H23NO/c1-13(11-14-7-9-16(18)10-8-14)17-12-15-5-3-2-4-6-15/h2-3,7-10,13,15,17-18H,4-6,11-12H2,1H3. The molecule has 2 unspecified atom stereocenters. The van der Waals surface area contributed by atoms with E-state index >= 15 is 0 Å². The van der Waals surface area contributed by atoms with Crippen molar-refractivity contribution in [1.29, 1.82) is 0 Å². The van der Waals surface area contributed by atoms with E-state index in [1.165, 1.54) is 24.8 Å². The van der Waals surface area contributed by atoms with E-state index in [4.69, 9.17) is 0 Å². The van der Waals surface area contributed by atoms with E-state index in [-0.39, 0.29) is 0 Å². The highest BCUT2D eigenvalue weighted by atomic mass is 16.3. The summed E-state index contributed by atoms with van der Waals surface area (Å²) in [6, 6.07) is 8.00. The van der Waals surface area contributed by atoms with Crippen LogP contribution >= 0.6 is 0 Å². The van der Waals surface area contributed by atoms with Crippen LogP contribution in [0.1, 0.15) is 31.7 Å². The number of aromatic hydroxyl groups is 1. The van der Waals surface area contributed by atoms with Crippen molar-refractivity contribution in [3.05, 3.63) is 42.0 Å². The van der Waals surface area contributed by atoms with Crippen molar-refractivity contribution >= 4 is 0 Å². The van der Waals surface area contributed by atoms with Gasteiger partial charge in [-0.15, -0.1) is 0 Å². The fraction of sp³-hybridized carbons (Fsp3) is 0.500. The second-order valence-electron chi connectivity index (χ2n) is 5.33. The van der Waals surface area contributed by atoms with Crippen molar-refractivity contribution in [2.24, 2.45) is 5.92 Å². The molecule has 0 aliphatic heterocycles. The second-order valence-corrected chi connectivity index (χ2v) is 5.33. The molecule has 0 saturated carbocycles. The number of hydrogen-bond donors (Lipinski definition) is 2. The molecule has 2 nitrogen and oxygen atoms in total. The molecular formula is C16H23NO. The fourth-order valence-electron chi connectivity index (χ4n) is 2.47. The van der Waals surface area contributed by atoms with Gasteiger partial charge >= 0.3 is 0 Å². The first kappa shape index (κ1) is 13.2. The highest BCUT2D eigenvalue weighted by molar-refractivity contribution is 5.26. The molecule has 2 N–H and O–H groups in total. The largest absolute Gasteiger partial charge is 0.508 e. The Hall–Kier alpha value is -1.28. The maximum atomic E-state index is 9.24. The van der Waals surface area contributed by atoms with E-state index in [1.54, 1.807) is 12.1 Å². The van der Waals surface area contributed by atoms with E-state index in [0.29, 0.717) is 11.8 Å². The summed E-state index contributed by atoms with van der Waals surface area (Å²) in [6.45, 7) is 3.34. The average Bonchev–Trinajstić information content (AvgIpc) is 2.40. The molecule has 0 fully saturated rings. The van der Waals surface area contributed by atoms with Crippen LogP contribution in [0.2, 0.25) is 0 Å². The molecule has 1 aromatic carbocycles. The Balaban J connectivity index is 1.73. The van der Waals surface area contributed by atoms with E-state index < -0.39 is 0 Å². The monoisotopic (exact) mass is 245 g/mol. The molecule has 0 radical (unpaired) electrons. The first-order chi connectivity index (χ1) is 8.74. The van der Waals surface area contributed by atoms with Gasteiger partial charge in [-0.25, -0.2) is 0 Å². The van der Waals surface area contributed by atoms with Gasteiger partial charge in [0.25, 0.3) is 0 Å². The van der Waals surface area contributed by atoms with Crippen molar-refractivity contribution in [3.63, 3.8) is 0 Å². The first-order valence-electron chi connectivity index (χ1n) is 6.90. The van der Waals surface area contributed by atoms with Crippen LogP contribution in [-0.4, -0.2) is 17.7 Å². The minimum atomic E-state index is 0.341. The molecule has 1 aliphatic carbocycles. The summed E-state index contributed by atoms with van der Waals surface area (Å²) in [5.41, 5.74) is 1.27. The summed E-state index contributed by atoms with van der Waals surface area (Å²) in [5, 5.41) is 12.9. The SMILES string of the molecule is CC(Cc1ccc(O)cc1)NCC1CC=CCC1. The predicted octanol–water partition coefficient (Wildman–Crippen LogP) is 3.27. The van der Waals surface area contributed by atoms with Crippen LogP contribution in [0.25, 0.3) is 0 Å². The van der Waals surface area contributed by atoms with Crippen LogP contribution < -0.4 is 5.32 Å². The smallest absolute Gasteiger partial charge is 0.115 e. The normalized spacial score (nSPS) is 20.8. The number of hydrogen-bond acceptors (Lipinski definition) is 2. The number of allylic oxidation sites excluding steroid dienone is 2. The molecule has 2 rings (SSSR count). The minimum Gasteiger partial charge on any atom is -0.508 e. The summed E-state index contributed by atoms with van der Waals surface area (Å²) in [4.78, 5) is 0. The van der Waals surface area contributed by atoms with Crippen LogP contribution in [0.3, 0.4) is 0 Å². The summed E-state index contributed by atoms with van der Waals surface area (Å²) < 4.78 is 0. The lowest BCUT2D eigenvalue weighted by Crippen LogP contribution is -2.33. The maximum absolute atomic E-state index is 9.24. The van der Waals surface area contributed by atoms with Gasteiger partial charge in [0.05, 0.1) is 0 Å². The molecule has 18 heavy (non-hydrogen) atoms. The van der Waals surface area contributed by atoms with Gasteiger partial charge in [-0.2, -0.15) is 0 Å². The Morgan fingerprint density at radius 2 is 2.06 bits per heavy atom. The van der Waals surface area contributed by atoms with Gasteiger partial charge in [0, 0.05) is 6.04 Å². The molecule has 1 aromatic rings. The third-order valence-electron chi connectivity index (χ3n) is 3.61. The Morgan fingerprint density at radius 1 is 1.28 bits per heavy atom. The van der Waals surface area contributed by atoms with Crippen LogP contribution in [-0.2, 0) is 6.42 Å².